The third-order valence-corrected chi connectivity index (χ3v) is 12.4. The molecule has 1 saturated carbocycles. The van der Waals surface area contributed by atoms with Gasteiger partial charge < -0.3 is 41.0 Å². The number of halogens is 1. The maximum atomic E-state index is 13.5. The van der Waals surface area contributed by atoms with E-state index in [1.807, 2.05) is 0 Å². The number of rotatable bonds is 13. The second-order valence-electron chi connectivity index (χ2n) is 12.9. The zero-order valence-corrected chi connectivity index (χ0v) is 29.2. The van der Waals surface area contributed by atoms with Crippen LogP contribution in [0.25, 0.3) is 0 Å². The summed E-state index contributed by atoms with van der Waals surface area (Å²) in [5.41, 5.74) is 5.21. The van der Waals surface area contributed by atoms with Gasteiger partial charge in [0.2, 0.25) is 5.60 Å². The van der Waals surface area contributed by atoms with Gasteiger partial charge in [-0.3, -0.25) is 29.1 Å². The number of nitrogens with zero attached hydrogens (tertiary/aromatic N) is 4. The molecule has 3 amide bonds. The predicted octanol–water partition coefficient (Wildman–Crippen LogP) is 0.755. The molecule has 1 aliphatic carbocycles. The van der Waals surface area contributed by atoms with Gasteiger partial charge in [0.1, 0.15) is 24.0 Å². The number of quaternary nitrogens is 1. The molecule has 16 nitrogen and oxygen atoms in total. The molecule has 5 aliphatic rings. The van der Waals surface area contributed by atoms with E-state index in [0.717, 1.165) is 31.5 Å². The molecule has 7 N–H and O–H groups in total. The Morgan fingerprint density at radius 3 is 2.58 bits per heavy atom. The molecule has 1 aromatic rings. The number of carbonyl (C=O) groups excluding carboxylic acids is 4. The molecule has 1 unspecified atom stereocenters. The number of aldehydes is 1. The number of carboxylic acid groups (broad SMARTS) is 1. The number of hydrogen-bond acceptors (Lipinski definition) is 13. The largest absolute Gasteiger partial charge is 0.504 e. The van der Waals surface area contributed by atoms with Crippen molar-refractivity contribution in [3.8, 4) is 11.5 Å². The fraction of sp³-hybridized carbons (Fsp3) is 0.516. The normalized spacial score (nSPS) is 25.2. The van der Waals surface area contributed by atoms with Crippen LogP contribution in [0.2, 0.25) is 5.02 Å². The number of aliphatic carboxylic acids is 1. The summed E-state index contributed by atoms with van der Waals surface area (Å²) in [4.78, 5) is 75.1. The predicted molar refractivity (Wildman–Crippen MR) is 185 cm³/mol. The third-order valence-electron chi connectivity index (χ3n) is 9.83. The number of oxime groups is 1. The van der Waals surface area contributed by atoms with Crippen molar-refractivity contribution in [1.29, 1.82) is 0 Å². The highest BCUT2D eigenvalue weighted by atomic mass is 35.5. The fourth-order valence-corrected chi connectivity index (χ4v) is 9.17. The summed E-state index contributed by atoms with van der Waals surface area (Å²) in [6, 6.07) is 0.764. The van der Waals surface area contributed by atoms with E-state index in [4.69, 9.17) is 22.2 Å². The van der Waals surface area contributed by atoms with Crippen LogP contribution in [0.15, 0.2) is 33.6 Å². The highest BCUT2D eigenvalue weighted by Crippen LogP contribution is 2.41. The Hall–Kier alpha value is -4.00. The maximum absolute atomic E-state index is 13.5. The zero-order valence-electron chi connectivity index (χ0n) is 26.8. The topological polar surface area (TPSA) is 233 Å². The van der Waals surface area contributed by atoms with Crippen LogP contribution in [0.3, 0.4) is 0 Å². The Balaban J connectivity index is 1.12. The van der Waals surface area contributed by atoms with Crippen molar-refractivity contribution >= 4 is 76.0 Å². The highest BCUT2D eigenvalue weighted by Gasteiger charge is 2.54. The van der Waals surface area contributed by atoms with Crippen molar-refractivity contribution in [2.45, 2.75) is 55.2 Å². The van der Waals surface area contributed by atoms with Crippen LogP contribution in [-0.4, -0.2) is 133 Å². The third kappa shape index (κ3) is 6.72. The van der Waals surface area contributed by atoms with Gasteiger partial charge in [0.15, 0.2) is 28.7 Å². The van der Waals surface area contributed by atoms with Gasteiger partial charge in [-0.05, 0) is 18.6 Å². The van der Waals surface area contributed by atoms with Gasteiger partial charge >= 0.3 is 5.97 Å². The van der Waals surface area contributed by atoms with Crippen molar-refractivity contribution in [3.05, 3.63) is 34.0 Å². The van der Waals surface area contributed by atoms with E-state index in [1.54, 1.807) is 0 Å². The molecule has 4 heterocycles. The summed E-state index contributed by atoms with van der Waals surface area (Å²) >= 11 is 8.69. The molecule has 3 atom stereocenters. The quantitative estimate of drug-likeness (QED) is 0.0410. The highest BCUT2D eigenvalue weighted by molar-refractivity contribution is 8.14. The first kappa shape index (κ1) is 35.8. The summed E-state index contributed by atoms with van der Waals surface area (Å²) in [6.07, 6.45) is 3.73. The minimum Gasteiger partial charge on any atom is -0.504 e. The van der Waals surface area contributed by atoms with Gasteiger partial charge in [-0.1, -0.05) is 28.5 Å². The Kier molecular flexibility index (Phi) is 10.3. The van der Waals surface area contributed by atoms with E-state index in [1.165, 1.54) is 40.6 Å². The second kappa shape index (κ2) is 14.3. The van der Waals surface area contributed by atoms with Crippen LogP contribution in [0, 0.1) is 0 Å². The van der Waals surface area contributed by atoms with Crippen molar-refractivity contribution in [2.24, 2.45) is 15.9 Å². The molecule has 0 aromatic heterocycles. The van der Waals surface area contributed by atoms with Gasteiger partial charge in [-0.15, -0.1) is 11.8 Å². The molecular weight excluding hydrogens is 714 g/mol. The Bertz CT molecular complexity index is 1710. The number of nitrogens with two attached hydrogens (primary N) is 1. The smallest absolute Gasteiger partial charge is 0.350 e. The number of phenols is 2. The average molecular weight is 751 g/mol. The molecule has 19 heteroatoms. The van der Waals surface area contributed by atoms with Crippen LogP contribution in [0.1, 0.15) is 42.5 Å². The fourth-order valence-electron chi connectivity index (χ4n) is 6.80. The minimum absolute atomic E-state index is 0.0287. The molecule has 0 spiro atoms. The van der Waals surface area contributed by atoms with Crippen LogP contribution in [-0.2, 0) is 24.0 Å². The number of carbonyl (C=O) groups is 5. The number of thioether (sulfide) groups is 2. The lowest BCUT2D eigenvalue weighted by molar-refractivity contribution is -0.911. The molecule has 1 aromatic carbocycles. The van der Waals surface area contributed by atoms with Crippen LogP contribution < -0.4 is 16.4 Å². The van der Waals surface area contributed by atoms with E-state index in [2.05, 4.69) is 20.8 Å². The molecule has 50 heavy (non-hydrogen) atoms. The molecule has 2 saturated heterocycles. The SMILES string of the molecule is NC1=NC(/C(=N/OC2(C(=O)O)CCC2)C(=O)N[C@@H]2C(=O)N3C(C=O)=C(C[N+]4(CCNC(=O)c5ccc(O)c(O)c5Cl)CCCC4)CS[C@H]23)CS1. The second-order valence-corrected chi connectivity index (χ2v) is 15.4. The van der Waals surface area contributed by atoms with Crippen LogP contribution >= 0.6 is 35.1 Å². The van der Waals surface area contributed by atoms with E-state index in [-0.39, 0.29) is 46.5 Å². The molecule has 0 radical (unpaired) electrons. The Labute approximate surface area is 300 Å². The molecule has 4 aliphatic heterocycles. The number of aromatic hydroxyl groups is 2. The number of benzene rings is 1. The Morgan fingerprint density at radius 2 is 1.96 bits per heavy atom. The average Bonchev–Trinajstić information content (AvgIpc) is 3.72. The lowest BCUT2D eigenvalue weighted by Crippen LogP contribution is -2.71. The molecule has 268 valence electrons. The van der Waals surface area contributed by atoms with E-state index in [9.17, 15) is 39.3 Å². The lowest BCUT2D eigenvalue weighted by Gasteiger charge is -2.50. The standard InChI is InChI=1S/C31H36ClN7O9S2/c32-21-17(4-5-20(41)24(21)42)25(43)34-8-11-39(9-1-2-10-39)12-16-14-49-28-23(27(45)38(28)19(16)13-40)36-26(44)22(18-15-50-30(33)35-18)37-48-31(29(46)47)6-3-7-31/h4-5,13,18,23,28H,1-3,6-12,14-15H2,(H6-,33,34,35,36,37,41,42,43,44,46,47)/p+1/t18?,23-,28-/m1/s1. The number of amides is 3. The molecule has 3 fully saturated rings. The van der Waals surface area contributed by atoms with Gasteiger partial charge in [0, 0.05) is 42.8 Å². The van der Waals surface area contributed by atoms with Crippen LogP contribution in [0.5, 0.6) is 11.5 Å². The first-order chi connectivity index (χ1) is 23.9. The van der Waals surface area contributed by atoms with Gasteiger partial charge in [-0.2, -0.15) is 0 Å². The number of β-lactam (4-membered cyclic amide) rings is 1. The number of likely N-dealkylation sites (tertiary alicyclic amines) is 1. The number of phenolic OH excluding ortho intramolecular Hbond substituents is 2. The van der Waals surface area contributed by atoms with E-state index < -0.39 is 58.2 Å². The number of aliphatic imine (C=N–C) groups is 1. The van der Waals surface area contributed by atoms with Crippen molar-refractivity contribution < 1.29 is 48.6 Å². The molecular formula is C31H37ClN7O9S2+. The van der Waals surface area contributed by atoms with Crippen LogP contribution in [0.4, 0.5) is 0 Å². The Morgan fingerprint density at radius 1 is 1.22 bits per heavy atom. The number of allylic oxidation sites excluding steroid dienone is 1. The number of fused-ring (bicyclic) bond motifs is 1. The van der Waals surface area contributed by atoms with Gasteiger partial charge in [0.05, 0.1) is 42.5 Å². The van der Waals surface area contributed by atoms with Crippen molar-refractivity contribution in [2.75, 3.05) is 44.2 Å². The minimum atomic E-state index is -1.51. The van der Waals surface area contributed by atoms with Crippen molar-refractivity contribution in [1.82, 2.24) is 15.5 Å². The number of carboxylic acids is 1. The molecule has 0 bridgehead atoms. The van der Waals surface area contributed by atoms with E-state index in [0.29, 0.717) is 41.8 Å². The number of nitrogens with one attached hydrogen (secondary N) is 2. The monoisotopic (exact) mass is 750 g/mol. The first-order valence-electron chi connectivity index (χ1n) is 16.1. The summed E-state index contributed by atoms with van der Waals surface area (Å²) in [7, 11) is 0. The van der Waals surface area contributed by atoms with E-state index >= 15 is 0 Å². The zero-order chi connectivity index (χ0) is 35.8. The summed E-state index contributed by atoms with van der Waals surface area (Å²) < 4.78 is 0.593. The summed E-state index contributed by atoms with van der Waals surface area (Å²) in [5.74, 6) is -3.14. The number of hydrogen-bond donors (Lipinski definition) is 6. The lowest BCUT2D eigenvalue weighted by atomic mass is 9.80. The summed E-state index contributed by atoms with van der Waals surface area (Å²) in [5, 5.41) is 38.1. The summed E-state index contributed by atoms with van der Waals surface area (Å²) in [6.45, 7) is 2.94. The number of amidine groups is 1. The molecule has 6 rings (SSSR count). The van der Waals surface area contributed by atoms with Gasteiger partial charge in [-0.25, -0.2) is 4.79 Å². The van der Waals surface area contributed by atoms with Gasteiger partial charge in [0.25, 0.3) is 17.7 Å². The first-order valence-corrected chi connectivity index (χ1v) is 18.5. The maximum Gasteiger partial charge on any atom is 0.350 e. The van der Waals surface area contributed by atoms with Crippen molar-refractivity contribution in [3.63, 3.8) is 0 Å².